The van der Waals surface area contributed by atoms with Gasteiger partial charge >= 0.3 is 0 Å². The van der Waals surface area contributed by atoms with Gasteiger partial charge in [0.2, 0.25) is 11.7 Å². The number of fused-ring (bicyclic) bond motifs is 2. The molecule has 0 amide bonds. The van der Waals surface area contributed by atoms with Crippen molar-refractivity contribution in [3.63, 3.8) is 0 Å². The first-order chi connectivity index (χ1) is 12.4. The molecule has 4 aromatic rings. The fraction of sp³-hybridized carbons (Fsp3) is 0.333. The lowest BCUT2D eigenvalue weighted by atomic mass is 10.1. The van der Waals surface area contributed by atoms with Crippen LogP contribution in [0.3, 0.4) is 0 Å². The minimum Gasteiger partial charge on any atom is -0.350 e. The van der Waals surface area contributed by atoms with Crippen LogP contribution >= 0.6 is 0 Å². The molecule has 26 heavy (non-hydrogen) atoms. The molecule has 0 saturated heterocycles. The number of nitrogens with one attached hydrogen (secondary N) is 1. The third-order valence-corrected chi connectivity index (χ3v) is 4.20. The number of hydrogen-bond acceptors (Lipinski definition) is 5. The van der Waals surface area contributed by atoms with Crippen molar-refractivity contribution in [3.05, 3.63) is 42.7 Å². The molecule has 4 aromatic heterocycles. The van der Waals surface area contributed by atoms with E-state index in [1.165, 1.54) is 13.8 Å². The second-order valence-electron chi connectivity index (χ2n) is 6.83. The molecule has 0 fully saturated rings. The van der Waals surface area contributed by atoms with E-state index >= 15 is 0 Å². The van der Waals surface area contributed by atoms with E-state index in [1.54, 1.807) is 16.9 Å². The third kappa shape index (κ3) is 2.98. The van der Waals surface area contributed by atoms with Crippen LogP contribution in [0.2, 0.25) is 0 Å². The molecule has 0 unspecified atom stereocenters. The molecular formula is C18H20FN7. The van der Waals surface area contributed by atoms with Crippen LogP contribution in [0.5, 0.6) is 0 Å². The molecular weight excluding hydrogens is 333 g/mol. The van der Waals surface area contributed by atoms with E-state index in [9.17, 15) is 4.39 Å². The highest BCUT2D eigenvalue weighted by Gasteiger charge is 2.16. The van der Waals surface area contributed by atoms with Gasteiger partial charge in [-0.25, -0.2) is 23.9 Å². The molecule has 8 heteroatoms. The normalized spacial score (nSPS) is 12.2. The van der Waals surface area contributed by atoms with Crippen molar-refractivity contribution in [1.29, 1.82) is 0 Å². The lowest BCUT2D eigenvalue weighted by Gasteiger charge is -2.14. The molecule has 0 atom stereocenters. The molecule has 0 aliphatic heterocycles. The highest BCUT2D eigenvalue weighted by atomic mass is 19.1. The topological polar surface area (TPSA) is 72.4 Å². The summed E-state index contributed by atoms with van der Waals surface area (Å²) in [7, 11) is 0. The molecule has 0 aliphatic carbocycles. The predicted octanol–water partition coefficient (Wildman–Crippen LogP) is 3.16. The Bertz CT molecular complexity index is 1070. The molecule has 134 valence electrons. The molecule has 1 N–H and O–H groups in total. The summed E-state index contributed by atoms with van der Waals surface area (Å²) in [6.07, 6.45) is 10.1. The third-order valence-electron chi connectivity index (χ3n) is 4.20. The molecule has 0 aromatic carbocycles. The van der Waals surface area contributed by atoms with Crippen molar-refractivity contribution in [2.75, 3.05) is 11.9 Å². The Kier molecular flexibility index (Phi) is 3.82. The number of halogens is 1. The van der Waals surface area contributed by atoms with E-state index in [-0.39, 0.29) is 6.54 Å². The molecule has 0 aliphatic rings. The summed E-state index contributed by atoms with van der Waals surface area (Å²) < 4.78 is 17.4. The van der Waals surface area contributed by atoms with E-state index < -0.39 is 5.67 Å². The van der Waals surface area contributed by atoms with Gasteiger partial charge in [0, 0.05) is 35.4 Å². The van der Waals surface area contributed by atoms with Crippen LogP contribution in [-0.4, -0.2) is 41.2 Å². The van der Waals surface area contributed by atoms with Crippen LogP contribution in [0.1, 0.15) is 26.5 Å². The minimum absolute atomic E-state index is 0.146. The summed E-state index contributed by atoms with van der Waals surface area (Å²) in [4.78, 5) is 13.0. The lowest BCUT2D eigenvalue weighted by Crippen LogP contribution is -2.25. The van der Waals surface area contributed by atoms with Gasteiger partial charge < -0.3 is 5.32 Å². The summed E-state index contributed by atoms with van der Waals surface area (Å²) in [5.74, 6) is 1.08. The fourth-order valence-electron chi connectivity index (χ4n) is 2.84. The van der Waals surface area contributed by atoms with Crippen LogP contribution in [-0.2, 0) is 6.42 Å². The van der Waals surface area contributed by atoms with Gasteiger partial charge in [0.25, 0.3) is 0 Å². The van der Waals surface area contributed by atoms with Crippen LogP contribution in [0, 0.1) is 0 Å². The number of rotatable bonds is 5. The Balaban J connectivity index is 1.71. The number of imidazole rings is 1. The summed E-state index contributed by atoms with van der Waals surface area (Å²) >= 11 is 0. The Morgan fingerprint density at radius 2 is 1.96 bits per heavy atom. The van der Waals surface area contributed by atoms with Gasteiger partial charge in [0.15, 0.2) is 0 Å². The number of alkyl halides is 1. The van der Waals surface area contributed by atoms with Crippen LogP contribution in [0.25, 0.3) is 22.4 Å². The molecule has 4 heterocycles. The van der Waals surface area contributed by atoms with Gasteiger partial charge in [0.05, 0.1) is 24.5 Å². The highest BCUT2D eigenvalue weighted by molar-refractivity contribution is 5.79. The van der Waals surface area contributed by atoms with Crippen LogP contribution < -0.4 is 5.32 Å². The maximum Gasteiger partial charge on any atom is 0.241 e. The van der Waals surface area contributed by atoms with E-state index in [1.807, 2.05) is 29.1 Å². The largest absolute Gasteiger partial charge is 0.350 e. The van der Waals surface area contributed by atoms with Crippen molar-refractivity contribution >= 4 is 17.2 Å². The van der Waals surface area contributed by atoms with Crippen molar-refractivity contribution in [2.45, 2.75) is 32.9 Å². The highest BCUT2D eigenvalue weighted by Crippen LogP contribution is 2.25. The van der Waals surface area contributed by atoms with Crippen molar-refractivity contribution in [3.8, 4) is 11.1 Å². The molecule has 0 radical (unpaired) electrons. The lowest BCUT2D eigenvalue weighted by molar-refractivity contribution is 0.234. The zero-order valence-electron chi connectivity index (χ0n) is 14.9. The fourth-order valence-corrected chi connectivity index (χ4v) is 2.84. The van der Waals surface area contributed by atoms with Gasteiger partial charge in [-0.2, -0.15) is 0 Å². The monoisotopic (exact) mass is 353 g/mol. The molecule has 0 saturated carbocycles. The van der Waals surface area contributed by atoms with E-state index in [4.69, 9.17) is 0 Å². The molecule has 0 bridgehead atoms. The standard InChI is InChI=1S/C18H20FN7/c1-4-13-8-22-17-21-7-12(10-25(13)17)14-5-6-26-15(14)9-20-16(24-26)23-11-18(2,3)19/h5-10H,4,11H2,1-3H3,(H,23,24). The predicted molar refractivity (Wildman–Crippen MR) is 98.0 cm³/mol. The Labute approximate surface area is 149 Å². The van der Waals surface area contributed by atoms with Gasteiger partial charge in [-0.3, -0.25) is 4.40 Å². The first-order valence-electron chi connectivity index (χ1n) is 8.54. The first kappa shape index (κ1) is 16.4. The summed E-state index contributed by atoms with van der Waals surface area (Å²) in [6, 6.07) is 1.97. The molecule has 7 nitrogen and oxygen atoms in total. The van der Waals surface area contributed by atoms with E-state index in [0.717, 1.165) is 28.8 Å². The number of aromatic nitrogens is 6. The minimum atomic E-state index is -1.33. The van der Waals surface area contributed by atoms with Crippen molar-refractivity contribution in [1.82, 2.24) is 29.0 Å². The van der Waals surface area contributed by atoms with Crippen LogP contribution in [0.15, 0.2) is 37.1 Å². The maximum absolute atomic E-state index is 13.6. The average Bonchev–Trinajstić information content (AvgIpc) is 3.22. The number of hydrogen-bond donors (Lipinski definition) is 1. The number of aryl methyl sites for hydroxylation is 1. The van der Waals surface area contributed by atoms with Gasteiger partial charge in [-0.05, 0) is 26.3 Å². The second-order valence-corrected chi connectivity index (χ2v) is 6.83. The number of nitrogens with zero attached hydrogens (tertiary/aromatic N) is 6. The Hall–Kier alpha value is -3.03. The average molecular weight is 353 g/mol. The Morgan fingerprint density at radius 3 is 2.73 bits per heavy atom. The van der Waals surface area contributed by atoms with Crippen LogP contribution in [0.4, 0.5) is 10.3 Å². The zero-order valence-corrected chi connectivity index (χ0v) is 14.9. The van der Waals surface area contributed by atoms with Gasteiger partial charge in [-0.1, -0.05) is 6.92 Å². The molecule has 0 spiro atoms. The number of anilines is 1. The zero-order chi connectivity index (χ0) is 18.3. The van der Waals surface area contributed by atoms with Gasteiger partial charge in [-0.15, -0.1) is 5.10 Å². The quantitative estimate of drug-likeness (QED) is 0.597. The van der Waals surface area contributed by atoms with Gasteiger partial charge in [0.1, 0.15) is 5.67 Å². The smallest absolute Gasteiger partial charge is 0.241 e. The van der Waals surface area contributed by atoms with Crippen molar-refractivity contribution in [2.24, 2.45) is 0 Å². The summed E-state index contributed by atoms with van der Waals surface area (Å²) in [5, 5.41) is 7.32. The molecule has 4 rings (SSSR count). The van der Waals surface area contributed by atoms with Crippen molar-refractivity contribution < 1.29 is 4.39 Å². The summed E-state index contributed by atoms with van der Waals surface area (Å²) in [6.45, 7) is 5.25. The maximum atomic E-state index is 13.6. The van der Waals surface area contributed by atoms with E-state index in [2.05, 4.69) is 32.3 Å². The SMILES string of the molecule is CCc1cnc2ncc(-c3ccn4nc(NCC(C)(C)F)ncc34)cn12. The summed E-state index contributed by atoms with van der Waals surface area (Å²) in [5.41, 5.74) is 2.57. The first-order valence-corrected chi connectivity index (χ1v) is 8.54. The van der Waals surface area contributed by atoms with E-state index in [0.29, 0.717) is 11.7 Å². The second kappa shape index (κ2) is 6.05. The Morgan fingerprint density at radius 1 is 1.15 bits per heavy atom.